The van der Waals surface area contributed by atoms with Crippen LogP contribution < -0.4 is 9.44 Å². The van der Waals surface area contributed by atoms with E-state index >= 15 is 0 Å². The molecule has 1 aromatic carbocycles. The van der Waals surface area contributed by atoms with Gasteiger partial charge in [-0.15, -0.1) is 0 Å². The number of rotatable bonds is 11. The molecule has 2 N–H and O–H groups in total. The van der Waals surface area contributed by atoms with Crippen LogP contribution in [0.15, 0.2) is 18.2 Å². The summed E-state index contributed by atoms with van der Waals surface area (Å²) < 4.78 is 29.8. The van der Waals surface area contributed by atoms with Crippen molar-refractivity contribution in [3.63, 3.8) is 0 Å². The van der Waals surface area contributed by atoms with E-state index in [9.17, 15) is 8.78 Å². The molecule has 0 unspecified atom stereocenters. The van der Waals surface area contributed by atoms with Gasteiger partial charge >= 0.3 is 173 Å². The molecule has 150 valence electrons. The van der Waals surface area contributed by atoms with Gasteiger partial charge in [0.15, 0.2) is 0 Å². The molecule has 0 saturated carbocycles. The Hall–Kier alpha value is -0.911. The molecule has 0 saturated heterocycles. The third-order valence-electron chi connectivity index (χ3n) is 5.71. The molecular weight excluding hydrogens is 449 g/mol. The summed E-state index contributed by atoms with van der Waals surface area (Å²) in [6, 6.07) is 4.49. The standard InChI is InChI=1S/C13H27.C9H5F2N2.Sn.2H/c1-4-7-10-13(11-8-5-2)12-9-6-3;10-7-2-1-5-3-8(12)13-4-6(5)9(7)11;;;/h4-12H2,1-3H3;1-3H,(H2,12,13);;;. The summed E-state index contributed by atoms with van der Waals surface area (Å²) in [6.45, 7) is 6.68. The van der Waals surface area contributed by atoms with Crippen molar-refractivity contribution in [1.29, 1.82) is 0 Å². The van der Waals surface area contributed by atoms with E-state index in [0.717, 1.165) is 3.71 Å². The molecule has 0 aliphatic rings. The van der Waals surface area contributed by atoms with E-state index in [2.05, 4.69) is 25.8 Å². The quantitative estimate of drug-likeness (QED) is 0.422. The van der Waals surface area contributed by atoms with Crippen molar-refractivity contribution >= 4 is 41.4 Å². The van der Waals surface area contributed by atoms with E-state index in [1.165, 1.54) is 63.9 Å². The minimum absolute atomic E-state index is 0.288. The molecule has 0 aliphatic heterocycles. The average molecular weight is 483 g/mol. The molecule has 27 heavy (non-hydrogen) atoms. The van der Waals surface area contributed by atoms with Gasteiger partial charge in [0.2, 0.25) is 0 Å². The summed E-state index contributed by atoms with van der Waals surface area (Å²) >= 11 is -1.77. The fraction of sp³-hybridized carbons (Fsp3) is 0.591. The fourth-order valence-corrected chi connectivity index (χ4v) is 12.1. The summed E-state index contributed by atoms with van der Waals surface area (Å²) in [7, 11) is 0. The predicted molar refractivity (Wildman–Crippen MR) is 116 cm³/mol. The van der Waals surface area contributed by atoms with Crippen LogP contribution in [0.3, 0.4) is 0 Å². The van der Waals surface area contributed by atoms with Crippen molar-refractivity contribution in [2.24, 2.45) is 0 Å². The number of fused-ring (bicyclic) bond motifs is 1. The number of unbranched alkanes of at least 4 members (excludes halogenated alkanes) is 3. The van der Waals surface area contributed by atoms with Gasteiger partial charge in [-0.25, -0.2) is 0 Å². The Morgan fingerprint density at radius 1 is 0.963 bits per heavy atom. The molecule has 5 heteroatoms. The second kappa shape index (κ2) is 10.6. The van der Waals surface area contributed by atoms with E-state index in [0.29, 0.717) is 16.6 Å². The van der Waals surface area contributed by atoms with Gasteiger partial charge in [-0.2, -0.15) is 0 Å². The Balaban J connectivity index is 2.52. The molecule has 0 amide bonds. The van der Waals surface area contributed by atoms with E-state index in [4.69, 9.17) is 5.73 Å². The second-order valence-electron chi connectivity index (χ2n) is 7.94. The minimum atomic E-state index is -1.77. The zero-order valence-corrected chi connectivity index (χ0v) is 21.1. The van der Waals surface area contributed by atoms with Crippen LogP contribution >= 0.6 is 0 Å². The van der Waals surface area contributed by atoms with Crippen LogP contribution in [0.2, 0.25) is 3.43 Å². The second-order valence-corrected chi connectivity index (χ2v) is 15.1. The number of nitrogen functional groups attached to an aromatic ring is 1. The van der Waals surface area contributed by atoms with Crippen LogP contribution in [0.1, 0.15) is 78.6 Å². The average Bonchev–Trinajstić information content (AvgIpc) is 2.65. The normalized spacial score (nSPS) is 12.5. The van der Waals surface area contributed by atoms with Crippen molar-refractivity contribution < 1.29 is 8.78 Å². The van der Waals surface area contributed by atoms with E-state index in [-0.39, 0.29) is 3.43 Å². The third kappa shape index (κ3) is 5.78. The molecule has 0 bridgehead atoms. The Labute approximate surface area is 172 Å². The van der Waals surface area contributed by atoms with Crippen molar-refractivity contribution in [3.05, 3.63) is 29.8 Å². The Morgan fingerprint density at radius 2 is 1.52 bits per heavy atom. The summed E-state index contributed by atoms with van der Waals surface area (Å²) in [4.78, 5) is 4.58. The molecule has 2 aromatic rings. The molecule has 0 fully saturated rings. The predicted octanol–water partition coefficient (Wildman–Crippen LogP) is 5.62. The van der Waals surface area contributed by atoms with Gasteiger partial charge in [-0.1, -0.05) is 0 Å². The van der Waals surface area contributed by atoms with E-state index < -0.39 is 32.8 Å². The third-order valence-corrected chi connectivity index (χ3v) is 13.3. The SMILES string of the molecule is CCCC[C](CCCC)(CCCC)[SnH2][c]1nc(N)cc2ccc(F)c(F)c12. The first-order chi connectivity index (χ1) is 13.0. The van der Waals surface area contributed by atoms with Crippen molar-refractivity contribution in [1.82, 2.24) is 4.98 Å². The first kappa shape index (κ1) is 22.4. The summed E-state index contributed by atoms with van der Waals surface area (Å²) in [6.07, 6.45) is 10.7. The summed E-state index contributed by atoms with van der Waals surface area (Å²) in [5.74, 6) is -1.11. The molecule has 0 spiro atoms. The van der Waals surface area contributed by atoms with E-state index in [1.807, 2.05) is 0 Å². The molecular formula is C22H34F2N2Sn. The topological polar surface area (TPSA) is 38.9 Å². The Morgan fingerprint density at radius 3 is 2.04 bits per heavy atom. The number of halogens is 2. The van der Waals surface area contributed by atoms with Crippen LogP contribution in [0, 0.1) is 11.6 Å². The zero-order chi connectivity index (χ0) is 19.9. The van der Waals surface area contributed by atoms with Crippen LogP contribution in [0.4, 0.5) is 14.6 Å². The van der Waals surface area contributed by atoms with Crippen molar-refractivity contribution in [3.8, 4) is 0 Å². The molecule has 1 heterocycles. The van der Waals surface area contributed by atoms with E-state index in [1.54, 1.807) is 12.1 Å². The molecule has 2 rings (SSSR count). The van der Waals surface area contributed by atoms with Crippen molar-refractivity contribution in [2.45, 2.75) is 82.0 Å². The van der Waals surface area contributed by atoms with Crippen LogP contribution in [0.25, 0.3) is 10.8 Å². The first-order valence-corrected chi connectivity index (χ1v) is 14.5. The van der Waals surface area contributed by atoms with Gasteiger partial charge in [-0.3, -0.25) is 0 Å². The molecule has 0 radical (unpaired) electrons. The van der Waals surface area contributed by atoms with Gasteiger partial charge in [0.05, 0.1) is 0 Å². The van der Waals surface area contributed by atoms with Crippen LogP contribution in [0.5, 0.6) is 0 Å². The molecule has 2 nitrogen and oxygen atoms in total. The van der Waals surface area contributed by atoms with Crippen molar-refractivity contribution in [2.75, 3.05) is 5.73 Å². The fourth-order valence-electron chi connectivity index (χ4n) is 4.16. The van der Waals surface area contributed by atoms with Gasteiger partial charge in [0.25, 0.3) is 0 Å². The number of benzene rings is 1. The monoisotopic (exact) mass is 484 g/mol. The number of nitrogens with zero attached hydrogens (tertiary/aromatic N) is 1. The Kier molecular flexibility index (Phi) is 8.77. The number of hydrogen-bond acceptors (Lipinski definition) is 2. The maximum absolute atomic E-state index is 14.7. The first-order valence-electron chi connectivity index (χ1n) is 10.5. The summed E-state index contributed by atoms with van der Waals surface area (Å²) in [5, 5.41) is 1.08. The maximum atomic E-state index is 14.7. The zero-order valence-electron chi connectivity index (χ0n) is 17.1. The van der Waals surface area contributed by atoms with Gasteiger partial charge in [-0.05, 0) is 0 Å². The van der Waals surface area contributed by atoms with Crippen LogP contribution in [-0.2, 0) is 0 Å². The van der Waals surface area contributed by atoms with Gasteiger partial charge in [0.1, 0.15) is 0 Å². The number of pyridine rings is 1. The molecule has 1 aromatic heterocycles. The number of nitrogens with two attached hydrogens (primary N) is 1. The Bertz CT molecular complexity index is 727. The number of anilines is 1. The number of hydrogen-bond donors (Lipinski definition) is 1. The van der Waals surface area contributed by atoms with Gasteiger partial charge < -0.3 is 0 Å². The number of aromatic nitrogens is 1. The van der Waals surface area contributed by atoms with Crippen LogP contribution in [-0.4, -0.2) is 26.1 Å². The molecule has 0 aliphatic carbocycles. The summed E-state index contributed by atoms with van der Waals surface area (Å²) in [5.41, 5.74) is 6.04. The van der Waals surface area contributed by atoms with Gasteiger partial charge in [0, 0.05) is 0 Å². The molecule has 0 atom stereocenters.